The van der Waals surface area contributed by atoms with E-state index in [2.05, 4.69) is 5.32 Å². The van der Waals surface area contributed by atoms with Gasteiger partial charge in [-0.25, -0.2) is 8.42 Å². The van der Waals surface area contributed by atoms with E-state index in [0.29, 0.717) is 24.6 Å². The highest BCUT2D eigenvalue weighted by Gasteiger charge is 2.31. The number of sulfonamides is 1. The molecule has 2 rings (SSSR count). The summed E-state index contributed by atoms with van der Waals surface area (Å²) >= 11 is 0. The minimum absolute atomic E-state index is 0.160. The van der Waals surface area contributed by atoms with Gasteiger partial charge in [0.05, 0.1) is 11.5 Å². The second-order valence-corrected chi connectivity index (χ2v) is 7.59. The van der Waals surface area contributed by atoms with E-state index in [-0.39, 0.29) is 12.1 Å². The van der Waals surface area contributed by atoms with Crippen LogP contribution < -0.4 is 10.1 Å². The fourth-order valence-corrected chi connectivity index (χ4v) is 4.43. The molecule has 0 saturated carbocycles. The molecule has 1 saturated heterocycles. The molecular weight excluding hydrogens is 288 g/mol. The number of piperazine rings is 1. The standard InChI is InChI=1S/C15H24N2O3S/c1-5-20-15-7-6-14(8-11(15)2)21(18,19)17-9-12(3)16-13(4)10-17/h6-8,12-13,16H,5,9-10H2,1-4H3. The van der Waals surface area contributed by atoms with E-state index >= 15 is 0 Å². The van der Waals surface area contributed by atoms with Crippen LogP contribution in [0.15, 0.2) is 23.1 Å². The van der Waals surface area contributed by atoms with Gasteiger partial charge in [-0.1, -0.05) is 0 Å². The van der Waals surface area contributed by atoms with Crippen molar-refractivity contribution in [2.45, 2.75) is 44.7 Å². The van der Waals surface area contributed by atoms with Crippen molar-refractivity contribution in [2.24, 2.45) is 0 Å². The number of hydrogen-bond donors (Lipinski definition) is 1. The molecule has 1 aromatic rings. The normalized spacial score (nSPS) is 24.0. The maximum atomic E-state index is 12.8. The fourth-order valence-electron chi connectivity index (χ4n) is 2.72. The van der Waals surface area contributed by atoms with Gasteiger partial charge < -0.3 is 10.1 Å². The van der Waals surface area contributed by atoms with Crippen LogP contribution >= 0.6 is 0 Å². The highest BCUT2D eigenvalue weighted by Crippen LogP contribution is 2.25. The predicted octanol–water partition coefficient (Wildman–Crippen LogP) is 1.76. The zero-order chi connectivity index (χ0) is 15.6. The molecule has 1 N–H and O–H groups in total. The molecule has 2 unspecified atom stereocenters. The summed E-state index contributed by atoms with van der Waals surface area (Å²) in [5.74, 6) is 0.735. The molecule has 5 nitrogen and oxygen atoms in total. The Hall–Kier alpha value is -1.11. The Morgan fingerprint density at radius 1 is 1.29 bits per heavy atom. The molecule has 0 aliphatic carbocycles. The molecule has 21 heavy (non-hydrogen) atoms. The molecule has 1 aliphatic heterocycles. The summed E-state index contributed by atoms with van der Waals surface area (Å²) in [5.41, 5.74) is 0.842. The van der Waals surface area contributed by atoms with Crippen molar-refractivity contribution in [3.8, 4) is 5.75 Å². The number of nitrogens with zero attached hydrogens (tertiary/aromatic N) is 1. The van der Waals surface area contributed by atoms with Gasteiger partial charge >= 0.3 is 0 Å². The van der Waals surface area contributed by atoms with Gasteiger partial charge in [0.25, 0.3) is 0 Å². The summed E-state index contributed by atoms with van der Waals surface area (Å²) in [7, 11) is -3.44. The summed E-state index contributed by atoms with van der Waals surface area (Å²) < 4.78 is 32.5. The highest BCUT2D eigenvalue weighted by atomic mass is 32.2. The quantitative estimate of drug-likeness (QED) is 0.920. The van der Waals surface area contributed by atoms with Crippen molar-refractivity contribution < 1.29 is 13.2 Å². The van der Waals surface area contributed by atoms with Gasteiger partial charge in [-0.3, -0.25) is 0 Å². The third kappa shape index (κ3) is 3.56. The van der Waals surface area contributed by atoms with Gasteiger partial charge in [0.15, 0.2) is 0 Å². The molecule has 0 spiro atoms. The maximum absolute atomic E-state index is 12.8. The summed E-state index contributed by atoms with van der Waals surface area (Å²) in [4.78, 5) is 0.338. The third-order valence-corrected chi connectivity index (χ3v) is 5.44. The first-order valence-corrected chi connectivity index (χ1v) is 8.78. The molecule has 0 amide bonds. The van der Waals surface area contributed by atoms with Gasteiger partial charge in [0, 0.05) is 25.2 Å². The Balaban J connectivity index is 2.29. The monoisotopic (exact) mass is 312 g/mol. The van der Waals surface area contributed by atoms with Gasteiger partial charge in [-0.15, -0.1) is 0 Å². The van der Waals surface area contributed by atoms with Crippen LogP contribution in [0.4, 0.5) is 0 Å². The summed E-state index contributed by atoms with van der Waals surface area (Å²) in [5, 5.41) is 3.34. The SMILES string of the molecule is CCOc1ccc(S(=O)(=O)N2CC(C)NC(C)C2)cc1C. The van der Waals surface area contributed by atoms with E-state index in [1.807, 2.05) is 27.7 Å². The largest absolute Gasteiger partial charge is 0.494 e. The lowest BCUT2D eigenvalue weighted by molar-refractivity contribution is 0.263. The van der Waals surface area contributed by atoms with Crippen LogP contribution in [0.2, 0.25) is 0 Å². The molecule has 0 bridgehead atoms. The molecule has 0 aromatic heterocycles. The van der Waals surface area contributed by atoms with Crippen LogP contribution in [-0.2, 0) is 10.0 Å². The zero-order valence-electron chi connectivity index (χ0n) is 13.1. The molecule has 6 heteroatoms. The molecule has 2 atom stereocenters. The van der Waals surface area contributed by atoms with Gasteiger partial charge in [0.2, 0.25) is 10.0 Å². The summed E-state index contributed by atoms with van der Waals surface area (Å²) in [6, 6.07) is 5.38. The Morgan fingerprint density at radius 3 is 2.43 bits per heavy atom. The number of hydrogen-bond acceptors (Lipinski definition) is 4. The third-order valence-electron chi connectivity index (χ3n) is 3.61. The fraction of sp³-hybridized carbons (Fsp3) is 0.600. The lowest BCUT2D eigenvalue weighted by Gasteiger charge is -2.35. The smallest absolute Gasteiger partial charge is 0.243 e. The zero-order valence-corrected chi connectivity index (χ0v) is 13.9. The minimum atomic E-state index is -3.44. The Kier molecular flexibility index (Phi) is 4.91. The van der Waals surface area contributed by atoms with E-state index in [1.165, 1.54) is 0 Å². The number of rotatable bonds is 4. The molecule has 1 heterocycles. The number of aryl methyl sites for hydroxylation is 1. The number of ether oxygens (including phenoxy) is 1. The van der Waals surface area contributed by atoms with Gasteiger partial charge in [0.1, 0.15) is 5.75 Å². The average molecular weight is 312 g/mol. The van der Waals surface area contributed by atoms with E-state index in [0.717, 1.165) is 11.3 Å². The van der Waals surface area contributed by atoms with E-state index in [1.54, 1.807) is 22.5 Å². The van der Waals surface area contributed by atoms with E-state index in [9.17, 15) is 8.42 Å². The Bertz CT molecular complexity index is 591. The molecule has 1 fully saturated rings. The second kappa shape index (κ2) is 6.34. The average Bonchev–Trinajstić information content (AvgIpc) is 2.40. The predicted molar refractivity (Wildman–Crippen MR) is 83.2 cm³/mol. The van der Waals surface area contributed by atoms with Crippen LogP contribution in [0.1, 0.15) is 26.3 Å². The molecular formula is C15H24N2O3S. The first-order valence-electron chi connectivity index (χ1n) is 7.34. The van der Waals surface area contributed by atoms with Crippen molar-refractivity contribution in [1.29, 1.82) is 0 Å². The molecule has 1 aliphatic rings. The topological polar surface area (TPSA) is 58.6 Å². The minimum Gasteiger partial charge on any atom is -0.494 e. The first-order chi connectivity index (χ1) is 9.84. The maximum Gasteiger partial charge on any atom is 0.243 e. The summed E-state index contributed by atoms with van der Waals surface area (Å²) in [6.07, 6.45) is 0. The van der Waals surface area contributed by atoms with Gasteiger partial charge in [-0.2, -0.15) is 4.31 Å². The Morgan fingerprint density at radius 2 is 1.90 bits per heavy atom. The van der Waals surface area contributed by atoms with Gasteiger partial charge in [-0.05, 0) is 51.5 Å². The van der Waals surface area contributed by atoms with Crippen LogP contribution in [0.3, 0.4) is 0 Å². The first kappa shape index (κ1) is 16.3. The van der Waals surface area contributed by atoms with Crippen LogP contribution in [-0.4, -0.2) is 44.5 Å². The van der Waals surface area contributed by atoms with Crippen molar-refractivity contribution in [3.63, 3.8) is 0 Å². The van der Waals surface area contributed by atoms with Crippen molar-refractivity contribution in [3.05, 3.63) is 23.8 Å². The van der Waals surface area contributed by atoms with E-state index in [4.69, 9.17) is 4.74 Å². The lowest BCUT2D eigenvalue weighted by Crippen LogP contribution is -2.55. The number of nitrogens with one attached hydrogen (secondary N) is 1. The van der Waals surface area contributed by atoms with Crippen LogP contribution in [0, 0.1) is 6.92 Å². The highest BCUT2D eigenvalue weighted by molar-refractivity contribution is 7.89. The van der Waals surface area contributed by atoms with Crippen LogP contribution in [0.5, 0.6) is 5.75 Å². The molecule has 1 aromatic carbocycles. The van der Waals surface area contributed by atoms with Crippen molar-refractivity contribution in [2.75, 3.05) is 19.7 Å². The Labute approximate surface area is 127 Å². The van der Waals surface area contributed by atoms with Crippen molar-refractivity contribution >= 4 is 10.0 Å². The molecule has 118 valence electrons. The number of benzene rings is 1. The molecule has 0 radical (unpaired) electrons. The van der Waals surface area contributed by atoms with Crippen LogP contribution in [0.25, 0.3) is 0 Å². The lowest BCUT2D eigenvalue weighted by atomic mass is 10.2. The van der Waals surface area contributed by atoms with Crippen molar-refractivity contribution in [1.82, 2.24) is 9.62 Å². The van der Waals surface area contributed by atoms with E-state index < -0.39 is 10.0 Å². The second-order valence-electron chi connectivity index (χ2n) is 5.65. The summed E-state index contributed by atoms with van der Waals surface area (Å²) in [6.45, 7) is 9.35.